The predicted molar refractivity (Wildman–Crippen MR) is 92.6 cm³/mol. The van der Waals surface area contributed by atoms with Crippen LogP contribution >= 0.6 is 11.8 Å². The van der Waals surface area contributed by atoms with Crippen LogP contribution < -0.4 is 0 Å². The van der Waals surface area contributed by atoms with Gasteiger partial charge in [0.15, 0.2) is 15.6 Å². The van der Waals surface area contributed by atoms with Crippen LogP contribution in [0.3, 0.4) is 0 Å². The first-order chi connectivity index (χ1) is 11.1. The van der Waals surface area contributed by atoms with Crippen molar-refractivity contribution in [3.63, 3.8) is 0 Å². The first-order valence-corrected chi connectivity index (χ1v) is 10.4. The summed E-state index contributed by atoms with van der Waals surface area (Å²) in [5, 5.41) is 20.1. The van der Waals surface area contributed by atoms with E-state index in [0.717, 1.165) is 17.3 Å². The zero-order valence-electron chi connectivity index (χ0n) is 14.2. The highest BCUT2D eigenvalue weighted by Gasteiger charge is 2.49. The third-order valence-corrected chi connectivity index (χ3v) is 7.81. The Hall–Kier alpha value is -0.640. The van der Waals surface area contributed by atoms with Gasteiger partial charge in [0.2, 0.25) is 0 Å². The van der Waals surface area contributed by atoms with Gasteiger partial charge in [-0.1, -0.05) is 17.7 Å². The van der Waals surface area contributed by atoms with E-state index in [2.05, 4.69) is 0 Å². The van der Waals surface area contributed by atoms with Gasteiger partial charge in [0, 0.05) is 0 Å². The Morgan fingerprint density at radius 1 is 1.25 bits per heavy atom. The standard InChI is InChI=1S/C16H24O6S2/c1-10-5-7-11(8-6-10)24(19,20)15(23-4)13(18)14-12(9-17)21-16(2,3)22-14/h5-8,12-15,17-18H,9H2,1-4H3/t12-,13?,14-,15?/m1/s1. The first kappa shape index (κ1) is 19.7. The summed E-state index contributed by atoms with van der Waals surface area (Å²) in [6, 6.07) is 6.48. The van der Waals surface area contributed by atoms with Crippen LogP contribution in [0, 0.1) is 6.92 Å². The number of aryl methyl sites for hydroxylation is 1. The van der Waals surface area contributed by atoms with E-state index < -0.39 is 38.5 Å². The second-order valence-electron chi connectivity index (χ2n) is 6.27. The lowest BCUT2D eigenvalue weighted by atomic mass is 10.1. The van der Waals surface area contributed by atoms with Crippen LogP contribution in [0.25, 0.3) is 0 Å². The maximum Gasteiger partial charge on any atom is 0.193 e. The Bertz CT molecular complexity index is 656. The molecule has 4 atom stereocenters. The van der Waals surface area contributed by atoms with Gasteiger partial charge in [0.05, 0.1) is 11.5 Å². The van der Waals surface area contributed by atoms with Crippen molar-refractivity contribution >= 4 is 21.6 Å². The van der Waals surface area contributed by atoms with Gasteiger partial charge in [-0.25, -0.2) is 8.42 Å². The van der Waals surface area contributed by atoms with E-state index in [1.54, 1.807) is 32.2 Å². The molecule has 1 heterocycles. The van der Waals surface area contributed by atoms with Crippen LogP contribution in [0.1, 0.15) is 19.4 Å². The minimum atomic E-state index is -3.78. The monoisotopic (exact) mass is 376 g/mol. The van der Waals surface area contributed by atoms with E-state index in [9.17, 15) is 18.6 Å². The minimum absolute atomic E-state index is 0.144. The van der Waals surface area contributed by atoms with E-state index in [1.807, 2.05) is 6.92 Å². The number of ether oxygens (including phenoxy) is 2. The predicted octanol–water partition coefficient (Wildman–Crippen LogP) is 1.33. The molecule has 1 aliphatic rings. The molecule has 0 bridgehead atoms. The van der Waals surface area contributed by atoms with Crippen LogP contribution in [-0.2, 0) is 19.3 Å². The van der Waals surface area contributed by atoms with Crippen LogP contribution in [-0.4, -0.2) is 60.2 Å². The second kappa shape index (κ2) is 7.31. The number of rotatable bonds is 6. The van der Waals surface area contributed by atoms with Crippen molar-refractivity contribution in [3.8, 4) is 0 Å². The molecule has 2 N–H and O–H groups in total. The fourth-order valence-corrected chi connectivity index (χ4v) is 5.85. The Morgan fingerprint density at radius 2 is 1.83 bits per heavy atom. The normalized spacial score (nSPS) is 26.2. The molecule has 24 heavy (non-hydrogen) atoms. The van der Waals surface area contributed by atoms with Gasteiger partial charge in [-0.05, 0) is 39.2 Å². The zero-order valence-corrected chi connectivity index (χ0v) is 15.8. The zero-order chi connectivity index (χ0) is 18.1. The van der Waals surface area contributed by atoms with Gasteiger partial charge in [0.1, 0.15) is 22.9 Å². The van der Waals surface area contributed by atoms with Gasteiger partial charge in [-0.3, -0.25) is 0 Å². The summed E-state index contributed by atoms with van der Waals surface area (Å²) in [4.78, 5) is 0.144. The number of aliphatic hydroxyl groups is 2. The van der Waals surface area contributed by atoms with Crippen molar-refractivity contribution < 1.29 is 28.1 Å². The third kappa shape index (κ3) is 3.95. The molecule has 2 unspecified atom stereocenters. The van der Waals surface area contributed by atoms with E-state index in [1.165, 1.54) is 12.1 Å². The summed E-state index contributed by atoms with van der Waals surface area (Å²) in [6.07, 6.45) is -1.43. The Kier molecular flexibility index (Phi) is 5.99. The van der Waals surface area contributed by atoms with E-state index in [-0.39, 0.29) is 11.5 Å². The molecule has 0 aromatic heterocycles. The van der Waals surface area contributed by atoms with Crippen LogP contribution in [0.2, 0.25) is 0 Å². The number of hydrogen-bond acceptors (Lipinski definition) is 7. The Labute approximate surface area is 147 Å². The average molecular weight is 376 g/mol. The van der Waals surface area contributed by atoms with Crippen molar-refractivity contribution in [1.29, 1.82) is 0 Å². The molecular weight excluding hydrogens is 352 g/mol. The quantitative estimate of drug-likeness (QED) is 0.774. The molecule has 136 valence electrons. The minimum Gasteiger partial charge on any atom is -0.394 e. The highest BCUT2D eigenvalue weighted by molar-refractivity contribution is 8.13. The summed E-state index contributed by atoms with van der Waals surface area (Å²) in [7, 11) is -3.78. The molecule has 1 aromatic carbocycles. The molecule has 1 saturated heterocycles. The van der Waals surface area contributed by atoms with Gasteiger partial charge < -0.3 is 19.7 Å². The maximum atomic E-state index is 12.9. The number of sulfone groups is 1. The van der Waals surface area contributed by atoms with Gasteiger partial charge >= 0.3 is 0 Å². The van der Waals surface area contributed by atoms with Gasteiger partial charge in [-0.15, -0.1) is 11.8 Å². The van der Waals surface area contributed by atoms with Crippen LogP contribution in [0.5, 0.6) is 0 Å². The molecule has 1 fully saturated rings. The number of benzene rings is 1. The van der Waals surface area contributed by atoms with Crippen LogP contribution in [0.15, 0.2) is 29.2 Å². The van der Waals surface area contributed by atoms with Gasteiger partial charge in [-0.2, -0.15) is 0 Å². The fraction of sp³-hybridized carbons (Fsp3) is 0.625. The Morgan fingerprint density at radius 3 is 2.33 bits per heavy atom. The highest BCUT2D eigenvalue weighted by atomic mass is 32.3. The summed E-state index contributed by atoms with van der Waals surface area (Å²) in [5.41, 5.74) is 0.949. The number of thioether (sulfide) groups is 1. The second-order valence-corrected chi connectivity index (χ2v) is 9.62. The summed E-state index contributed by atoms with van der Waals surface area (Å²) in [5.74, 6) is -0.990. The molecule has 0 aliphatic carbocycles. The van der Waals surface area contributed by atoms with Crippen LogP contribution in [0.4, 0.5) is 0 Å². The lowest BCUT2D eigenvalue weighted by Crippen LogP contribution is -2.46. The van der Waals surface area contributed by atoms with E-state index in [4.69, 9.17) is 9.47 Å². The van der Waals surface area contributed by atoms with Crippen molar-refractivity contribution in [2.75, 3.05) is 12.9 Å². The molecule has 1 aromatic rings. The molecule has 1 aliphatic heterocycles. The summed E-state index contributed by atoms with van der Waals surface area (Å²) < 4.78 is 35.8. The molecule has 8 heteroatoms. The maximum absolute atomic E-state index is 12.9. The highest BCUT2D eigenvalue weighted by Crippen LogP contribution is 2.35. The number of hydrogen-bond donors (Lipinski definition) is 2. The van der Waals surface area contributed by atoms with Crippen molar-refractivity contribution in [2.45, 2.75) is 54.3 Å². The Balaban J connectivity index is 2.31. The summed E-state index contributed by atoms with van der Waals surface area (Å²) in [6.45, 7) is 4.82. The molecule has 2 rings (SSSR count). The number of aliphatic hydroxyl groups excluding tert-OH is 2. The molecule has 6 nitrogen and oxygen atoms in total. The lowest BCUT2D eigenvalue weighted by molar-refractivity contribution is -0.156. The third-order valence-electron chi connectivity index (χ3n) is 3.90. The lowest BCUT2D eigenvalue weighted by Gasteiger charge is -2.27. The van der Waals surface area contributed by atoms with Crippen molar-refractivity contribution in [3.05, 3.63) is 29.8 Å². The summed E-state index contributed by atoms with van der Waals surface area (Å²) >= 11 is 1.03. The molecule has 0 amide bonds. The first-order valence-electron chi connectivity index (χ1n) is 7.60. The van der Waals surface area contributed by atoms with Gasteiger partial charge in [0.25, 0.3) is 0 Å². The molecular formula is C16H24O6S2. The molecule has 0 spiro atoms. The van der Waals surface area contributed by atoms with E-state index in [0.29, 0.717) is 0 Å². The SMILES string of the molecule is CSC(C(O)[C@@H]1OC(C)(C)O[C@@H]1CO)S(=O)(=O)c1ccc(C)cc1. The topological polar surface area (TPSA) is 93.1 Å². The fourth-order valence-electron chi connectivity index (χ4n) is 2.76. The van der Waals surface area contributed by atoms with Crippen molar-refractivity contribution in [2.24, 2.45) is 0 Å². The van der Waals surface area contributed by atoms with Crippen molar-refractivity contribution in [1.82, 2.24) is 0 Å². The van der Waals surface area contributed by atoms with E-state index >= 15 is 0 Å². The molecule has 0 saturated carbocycles. The largest absolute Gasteiger partial charge is 0.394 e. The average Bonchev–Trinajstić information content (AvgIpc) is 2.83. The molecule has 0 radical (unpaired) electrons. The smallest absolute Gasteiger partial charge is 0.193 e.